The fraction of sp³-hybridized carbons (Fsp3) is 0.273. The fourth-order valence-electron chi connectivity index (χ4n) is 2.49. The van der Waals surface area contributed by atoms with E-state index in [-0.39, 0.29) is 5.75 Å². The molecule has 2 aromatic rings. The molecule has 0 aliphatic rings. The molecule has 0 atom stereocenters. The summed E-state index contributed by atoms with van der Waals surface area (Å²) in [5.41, 5.74) is 3.00. The van der Waals surface area contributed by atoms with E-state index >= 15 is 0 Å². The summed E-state index contributed by atoms with van der Waals surface area (Å²) in [6, 6.07) is 17.4. The summed E-state index contributed by atoms with van der Waals surface area (Å²) in [7, 11) is 0. The predicted molar refractivity (Wildman–Crippen MR) is 107 cm³/mol. The van der Waals surface area contributed by atoms with E-state index in [1.54, 1.807) is 24.4 Å². The van der Waals surface area contributed by atoms with E-state index in [9.17, 15) is 5.11 Å². The summed E-state index contributed by atoms with van der Waals surface area (Å²) in [4.78, 5) is 0. The van der Waals surface area contributed by atoms with E-state index in [1.807, 2.05) is 30.5 Å². The van der Waals surface area contributed by atoms with Gasteiger partial charge in [0.05, 0.1) is 12.4 Å². The Morgan fingerprint density at radius 1 is 0.920 bits per heavy atom. The van der Waals surface area contributed by atoms with Gasteiger partial charge in [0.25, 0.3) is 0 Å². The molecule has 0 saturated heterocycles. The first-order valence-corrected chi connectivity index (χ1v) is 8.89. The predicted octanol–water partition coefficient (Wildman–Crippen LogP) is 5.85. The third-order valence-corrected chi connectivity index (χ3v) is 3.89. The highest BCUT2D eigenvalue weighted by molar-refractivity contribution is 5.87. The van der Waals surface area contributed by atoms with Gasteiger partial charge in [-0.3, -0.25) is 0 Å². The maximum atomic E-state index is 9.73. The SMILES string of the molecule is CCCCCCC(C=N/N=C/c1ccccc1O)=Cc1ccccc1. The molecule has 0 saturated carbocycles. The molecular weight excluding hydrogens is 308 g/mol. The number of aromatic hydroxyl groups is 1. The third-order valence-electron chi connectivity index (χ3n) is 3.89. The van der Waals surface area contributed by atoms with Crippen LogP contribution in [0, 0.1) is 0 Å². The minimum atomic E-state index is 0.209. The van der Waals surface area contributed by atoms with E-state index < -0.39 is 0 Å². The third kappa shape index (κ3) is 7.17. The van der Waals surface area contributed by atoms with Crippen molar-refractivity contribution in [1.82, 2.24) is 0 Å². The number of para-hydroxylation sites is 1. The molecule has 0 radical (unpaired) electrons. The lowest BCUT2D eigenvalue weighted by Crippen LogP contribution is -1.88. The second-order valence-electron chi connectivity index (χ2n) is 5.99. The lowest BCUT2D eigenvalue weighted by atomic mass is 10.0. The fourth-order valence-corrected chi connectivity index (χ4v) is 2.49. The van der Waals surface area contributed by atoms with E-state index in [2.05, 4.69) is 35.3 Å². The number of hydrogen-bond donors (Lipinski definition) is 1. The Balaban J connectivity index is 2.04. The number of hydrogen-bond acceptors (Lipinski definition) is 3. The number of unbranched alkanes of at least 4 members (excludes halogenated alkanes) is 3. The maximum Gasteiger partial charge on any atom is 0.124 e. The topological polar surface area (TPSA) is 45.0 Å². The average Bonchev–Trinajstić information content (AvgIpc) is 2.64. The van der Waals surface area contributed by atoms with Gasteiger partial charge in [-0.25, -0.2) is 0 Å². The Labute approximate surface area is 150 Å². The minimum absolute atomic E-state index is 0.209. The summed E-state index contributed by atoms with van der Waals surface area (Å²) < 4.78 is 0. The van der Waals surface area contributed by atoms with Crippen molar-refractivity contribution in [2.45, 2.75) is 39.0 Å². The molecule has 2 aromatic carbocycles. The van der Waals surface area contributed by atoms with E-state index in [1.165, 1.54) is 24.8 Å². The van der Waals surface area contributed by atoms with Gasteiger partial charge < -0.3 is 5.11 Å². The Morgan fingerprint density at radius 2 is 1.68 bits per heavy atom. The second-order valence-corrected chi connectivity index (χ2v) is 5.99. The standard InChI is InChI=1S/C22H26N2O/c1-2-3-4-6-13-20(16-19-11-7-5-8-12-19)17-23-24-18-21-14-9-10-15-22(21)25/h5,7-12,14-18,25H,2-4,6,13H2,1H3/b20-16?,23-17?,24-18+. The number of phenolic OH excluding ortho intramolecular Hbond substituents is 1. The number of nitrogens with zero attached hydrogens (tertiary/aromatic N) is 2. The number of rotatable bonds is 9. The van der Waals surface area contributed by atoms with Crippen molar-refractivity contribution in [3.8, 4) is 5.75 Å². The van der Waals surface area contributed by atoms with Crippen molar-refractivity contribution in [2.24, 2.45) is 10.2 Å². The molecule has 0 heterocycles. The first-order chi connectivity index (χ1) is 12.3. The summed E-state index contributed by atoms with van der Waals surface area (Å²) >= 11 is 0. The van der Waals surface area contributed by atoms with Gasteiger partial charge in [-0.2, -0.15) is 10.2 Å². The highest BCUT2D eigenvalue weighted by Crippen LogP contribution is 2.14. The van der Waals surface area contributed by atoms with Gasteiger partial charge in [0, 0.05) is 5.56 Å². The van der Waals surface area contributed by atoms with Crippen molar-refractivity contribution < 1.29 is 5.11 Å². The second kappa shape index (κ2) is 11.0. The first-order valence-electron chi connectivity index (χ1n) is 8.89. The normalized spacial score (nSPS) is 12.3. The Hall–Kier alpha value is -2.68. The van der Waals surface area contributed by atoms with Gasteiger partial charge in [-0.05, 0) is 36.1 Å². The van der Waals surface area contributed by atoms with Crippen LogP contribution in [0.1, 0.15) is 50.2 Å². The lowest BCUT2D eigenvalue weighted by Gasteiger charge is -2.02. The minimum Gasteiger partial charge on any atom is -0.507 e. The molecule has 0 aromatic heterocycles. The van der Waals surface area contributed by atoms with Crippen molar-refractivity contribution in [1.29, 1.82) is 0 Å². The van der Waals surface area contributed by atoms with Gasteiger partial charge in [-0.1, -0.05) is 74.7 Å². The van der Waals surface area contributed by atoms with E-state index in [0.29, 0.717) is 5.56 Å². The van der Waals surface area contributed by atoms with Crippen LogP contribution in [0.2, 0.25) is 0 Å². The van der Waals surface area contributed by atoms with Gasteiger partial charge >= 0.3 is 0 Å². The van der Waals surface area contributed by atoms with Gasteiger partial charge in [0.2, 0.25) is 0 Å². The van der Waals surface area contributed by atoms with Gasteiger partial charge in [-0.15, -0.1) is 0 Å². The van der Waals surface area contributed by atoms with Crippen molar-refractivity contribution >= 4 is 18.5 Å². The Kier molecular flexibility index (Phi) is 8.19. The zero-order chi connectivity index (χ0) is 17.7. The van der Waals surface area contributed by atoms with Crippen LogP contribution in [0.15, 0.2) is 70.4 Å². The number of benzene rings is 2. The summed E-state index contributed by atoms with van der Waals surface area (Å²) in [5.74, 6) is 0.209. The van der Waals surface area contributed by atoms with Crippen molar-refractivity contribution in [3.05, 3.63) is 71.3 Å². The van der Waals surface area contributed by atoms with Crippen molar-refractivity contribution in [2.75, 3.05) is 0 Å². The molecule has 0 aliphatic heterocycles. The maximum absolute atomic E-state index is 9.73. The van der Waals surface area contributed by atoms with E-state index in [0.717, 1.165) is 18.4 Å². The molecule has 0 amide bonds. The smallest absolute Gasteiger partial charge is 0.124 e. The van der Waals surface area contributed by atoms with E-state index in [4.69, 9.17) is 0 Å². The zero-order valence-corrected chi connectivity index (χ0v) is 14.8. The van der Waals surface area contributed by atoms with Crippen LogP contribution in [-0.4, -0.2) is 17.5 Å². The lowest BCUT2D eigenvalue weighted by molar-refractivity contribution is 0.474. The Bertz CT molecular complexity index is 718. The highest BCUT2D eigenvalue weighted by atomic mass is 16.3. The zero-order valence-electron chi connectivity index (χ0n) is 14.8. The summed E-state index contributed by atoms with van der Waals surface area (Å²) in [5, 5.41) is 18.0. The monoisotopic (exact) mass is 334 g/mol. The molecule has 0 bridgehead atoms. The summed E-state index contributed by atoms with van der Waals surface area (Å²) in [6.07, 6.45) is 11.4. The molecule has 0 fully saturated rings. The molecule has 0 aliphatic carbocycles. The number of phenols is 1. The van der Waals surface area contributed by atoms with Gasteiger partial charge in [0.15, 0.2) is 0 Å². The summed E-state index contributed by atoms with van der Waals surface area (Å²) in [6.45, 7) is 2.22. The molecule has 2 rings (SSSR count). The molecule has 3 heteroatoms. The van der Waals surface area contributed by atoms with Crippen LogP contribution in [0.4, 0.5) is 0 Å². The van der Waals surface area contributed by atoms with Crippen LogP contribution in [0.25, 0.3) is 6.08 Å². The number of allylic oxidation sites excluding steroid dienone is 1. The molecular formula is C22H26N2O. The van der Waals surface area contributed by atoms with Gasteiger partial charge in [0.1, 0.15) is 5.75 Å². The molecule has 25 heavy (non-hydrogen) atoms. The molecule has 0 spiro atoms. The quantitative estimate of drug-likeness (QED) is 0.349. The molecule has 0 unspecified atom stereocenters. The van der Waals surface area contributed by atoms with Crippen LogP contribution < -0.4 is 0 Å². The molecule has 130 valence electrons. The van der Waals surface area contributed by atoms with Crippen LogP contribution in [0.3, 0.4) is 0 Å². The van der Waals surface area contributed by atoms with Crippen LogP contribution in [-0.2, 0) is 0 Å². The highest BCUT2D eigenvalue weighted by Gasteiger charge is 1.97. The first kappa shape index (κ1) is 18.7. The molecule has 1 N–H and O–H groups in total. The van der Waals surface area contributed by atoms with Crippen LogP contribution in [0.5, 0.6) is 5.75 Å². The Morgan fingerprint density at radius 3 is 2.44 bits per heavy atom. The van der Waals surface area contributed by atoms with Crippen LogP contribution >= 0.6 is 0 Å². The molecule has 3 nitrogen and oxygen atoms in total. The average molecular weight is 334 g/mol. The van der Waals surface area contributed by atoms with Crippen molar-refractivity contribution in [3.63, 3.8) is 0 Å². The largest absolute Gasteiger partial charge is 0.507 e.